The van der Waals surface area contributed by atoms with Crippen molar-refractivity contribution in [3.63, 3.8) is 0 Å². The minimum absolute atomic E-state index is 0.0980. The SMILES string of the molecule is COc1ccc(C(OC(C)N(CP(=O)(O)OCCc2ccc([N+](=O)[O-])cc2)C(=O)Cn2cc(C)c(=O)[nH]c2=O)(c2ccccc2)c2ccccc2)cc1. The number of benzene rings is 4. The average Bonchev–Trinajstić information content (AvgIpc) is 3.16. The summed E-state index contributed by atoms with van der Waals surface area (Å²) in [5.41, 5.74) is -0.0737. The fraction of sp³-hybridized carbons (Fsp3) is 0.237. The van der Waals surface area contributed by atoms with Gasteiger partial charge in [-0.3, -0.25) is 33.8 Å². The first-order chi connectivity index (χ1) is 25.3. The van der Waals surface area contributed by atoms with Gasteiger partial charge < -0.3 is 23.8 Å². The number of H-pyrrole nitrogens is 1. The highest BCUT2D eigenvalue weighted by atomic mass is 31.2. The van der Waals surface area contributed by atoms with Crippen molar-refractivity contribution in [2.24, 2.45) is 0 Å². The van der Waals surface area contributed by atoms with E-state index < -0.39 is 54.3 Å². The molecule has 0 bridgehead atoms. The molecule has 53 heavy (non-hydrogen) atoms. The number of carbonyl (C=O) groups is 1. The van der Waals surface area contributed by atoms with Crippen molar-refractivity contribution in [1.29, 1.82) is 0 Å². The van der Waals surface area contributed by atoms with Gasteiger partial charge in [-0.2, -0.15) is 0 Å². The van der Waals surface area contributed by atoms with E-state index >= 15 is 0 Å². The van der Waals surface area contributed by atoms with E-state index in [1.165, 1.54) is 37.4 Å². The molecule has 2 atom stereocenters. The number of nitro groups is 1. The highest BCUT2D eigenvalue weighted by Gasteiger charge is 2.42. The molecule has 15 heteroatoms. The molecule has 0 aliphatic heterocycles. The summed E-state index contributed by atoms with van der Waals surface area (Å²) < 4.78 is 32.6. The number of methoxy groups -OCH3 is 1. The van der Waals surface area contributed by atoms with Crippen LogP contribution in [-0.4, -0.2) is 56.4 Å². The summed E-state index contributed by atoms with van der Waals surface area (Å²) in [6.07, 6.45) is -0.676. The molecular formula is C38H39N4O10P. The van der Waals surface area contributed by atoms with Gasteiger partial charge >= 0.3 is 13.3 Å². The van der Waals surface area contributed by atoms with Gasteiger partial charge in [-0.05, 0) is 54.7 Å². The number of carbonyl (C=O) groups excluding carboxylic acids is 1. The molecule has 0 aliphatic rings. The van der Waals surface area contributed by atoms with E-state index in [2.05, 4.69) is 4.98 Å². The third-order valence-electron chi connectivity index (χ3n) is 8.62. The normalized spacial score (nSPS) is 13.1. The van der Waals surface area contributed by atoms with Crippen molar-refractivity contribution < 1.29 is 33.2 Å². The smallest absolute Gasteiger partial charge is 0.347 e. The maximum absolute atomic E-state index is 14.2. The van der Waals surface area contributed by atoms with Crippen molar-refractivity contribution in [3.8, 4) is 5.75 Å². The summed E-state index contributed by atoms with van der Waals surface area (Å²) in [7, 11) is -3.04. The molecule has 2 N–H and O–H groups in total. The highest BCUT2D eigenvalue weighted by molar-refractivity contribution is 7.52. The van der Waals surface area contributed by atoms with Crippen LogP contribution in [-0.2, 0) is 37.2 Å². The summed E-state index contributed by atoms with van der Waals surface area (Å²) in [5, 5.41) is 11.0. The lowest BCUT2D eigenvalue weighted by atomic mass is 9.80. The Kier molecular flexibility index (Phi) is 12.2. The molecule has 0 radical (unpaired) electrons. The van der Waals surface area contributed by atoms with Crippen LogP contribution in [0.25, 0.3) is 0 Å². The zero-order valence-electron chi connectivity index (χ0n) is 29.3. The van der Waals surface area contributed by atoms with E-state index in [9.17, 15) is 34.0 Å². The first kappa shape index (κ1) is 38.6. The van der Waals surface area contributed by atoms with E-state index in [-0.39, 0.29) is 24.3 Å². The largest absolute Gasteiger partial charge is 0.497 e. The van der Waals surface area contributed by atoms with Gasteiger partial charge in [0.25, 0.3) is 11.2 Å². The van der Waals surface area contributed by atoms with Gasteiger partial charge in [0.2, 0.25) is 5.91 Å². The van der Waals surface area contributed by atoms with Crippen LogP contribution >= 0.6 is 7.60 Å². The molecule has 0 saturated carbocycles. The average molecular weight is 743 g/mol. The second-order valence-electron chi connectivity index (χ2n) is 12.2. The number of aromatic amines is 1. The van der Waals surface area contributed by atoms with Crippen LogP contribution in [0.4, 0.5) is 5.69 Å². The second kappa shape index (κ2) is 16.8. The predicted molar refractivity (Wildman–Crippen MR) is 197 cm³/mol. The molecule has 1 heterocycles. The molecule has 1 aromatic heterocycles. The lowest BCUT2D eigenvalue weighted by Gasteiger charge is -2.41. The van der Waals surface area contributed by atoms with Gasteiger partial charge in [0.15, 0.2) is 0 Å². The Bertz CT molecular complexity index is 2150. The standard InChI is InChI=1S/C38H39N4O10P/c1-27-24-40(37(45)39-36(27)44)25-35(43)41(26-53(48,49)51-23-22-29-14-18-33(19-15-29)42(46)47)28(2)52-38(30-10-6-4-7-11-30,31-12-8-5-9-13-31)32-16-20-34(50-3)21-17-32/h4-21,24,28H,22-23,25-26H2,1-3H3,(H,48,49)(H,39,44,45). The Morgan fingerprint density at radius 3 is 2.06 bits per heavy atom. The summed E-state index contributed by atoms with van der Waals surface area (Å²) >= 11 is 0. The predicted octanol–water partition coefficient (Wildman–Crippen LogP) is 5.35. The van der Waals surface area contributed by atoms with Crippen LogP contribution in [0.1, 0.15) is 34.7 Å². The first-order valence-corrected chi connectivity index (χ1v) is 18.3. The number of aryl methyl sites for hydroxylation is 1. The topological polar surface area (TPSA) is 183 Å². The van der Waals surface area contributed by atoms with Gasteiger partial charge in [-0.25, -0.2) is 4.79 Å². The zero-order valence-corrected chi connectivity index (χ0v) is 30.2. The van der Waals surface area contributed by atoms with Crippen molar-refractivity contribution in [2.75, 3.05) is 20.0 Å². The van der Waals surface area contributed by atoms with Gasteiger partial charge in [-0.1, -0.05) is 84.9 Å². The number of amides is 1. The van der Waals surface area contributed by atoms with E-state index in [4.69, 9.17) is 14.0 Å². The fourth-order valence-corrected chi connectivity index (χ4v) is 7.12. The molecule has 276 valence electrons. The van der Waals surface area contributed by atoms with E-state index in [1.54, 1.807) is 26.2 Å². The molecule has 0 fully saturated rings. The molecular weight excluding hydrogens is 703 g/mol. The van der Waals surface area contributed by atoms with E-state index in [0.717, 1.165) is 9.47 Å². The number of rotatable bonds is 16. The molecule has 0 spiro atoms. The zero-order chi connectivity index (χ0) is 38.2. The van der Waals surface area contributed by atoms with Crippen molar-refractivity contribution >= 4 is 19.2 Å². The van der Waals surface area contributed by atoms with Gasteiger partial charge in [-0.15, -0.1) is 0 Å². The van der Waals surface area contributed by atoms with Crippen molar-refractivity contribution in [1.82, 2.24) is 14.5 Å². The third kappa shape index (κ3) is 9.23. The number of hydrogen-bond acceptors (Lipinski definition) is 9. The molecule has 2 unspecified atom stereocenters. The number of ether oxygens (including phenoxy) is 2. The van der Waals surface area contributed by atoms with Gasteiger partial charge in [0.05, 0.1) is 18.6 Å². The van der Waals surface area contributed by atoms with Crippen molar-refractivity contribution in [3.05, 3.63) is 174 Å². The molecule has 4 aromatic carbocycles. The number of non-ortho nitro benzene ring substituents is 1. The maximum atomic E-state index is 14.2. The second-order valence-corrected chi connectivity index (χ2v) is 14.0. The lowest BCUT2D eigenvalue weighted by molar-refractivity contribution is -0.384. The van der Waals surface area contributed by atoms with Crippen LogP contribution in [0.15, 0.2) is 125 Å². The summed E-state index contributed by atoms with van der Waals surface area (Å²) in [6, 6.07) is 31.5. The highest BCUT2D eigenvalue weighted by Crippen LogP contribution is 2.46. The Morgan fingerprint density at radius 1 is 0.943 bits per heavy atom. The lowest BCUT2D eigenvalue weighted by Crippen LogP contribution is -2.48. The third-order valence-corrected chi connectivity index (χ3v) is 9.87. The molecule has 0 aliphatic carbocycles. The van der Waals surface area contributed by atoms with Crippen LogP contribution in [0.3, 0.4) is 0 Å². The molecule has 0 saturated heterocycles. The Hall–Kier alpha value is -5.66. The number of nitrogens with one attached hydrogen (secondary N) is 1. The monoisotopic (exact) mass is 742 g/mol. The van der Waals surface area contributed by atoms with Gasteiger partial charge in [0.1, 0.15) is 30.4 Å². The number of aromatic nitrogens is 2. The molecule has 1 amide bonds. The summed E-state index contributed by atoms with van der Waals surface area (Å²) in [5.74, 6) is -0.175. The van der Waals surface area contributed by atoms with Crippen LogP contribution in [0, 0.1) is 17.0 Å². The Balaban J connectivity index is 1.53. The van der Waals surface area contributed by atoms with E-state index in [1.807, 2.05) is 72.8 Å². The minimum Gasteiger partial charge on any atom is -0.497 e. The van der Waals surface area contributed by atoms with Gasteiger partial charge in [0, 0.05) is 23.9 Å². The Labute approximate surface area is 304 Å². The van der Waals surface area contributed by atoms with Crippen LogP contribution < -0.4 is 16.0 Å². The fourth-order valence-electron chi connectivity index (χ4n) is 5.89. The quantitative estimate of drug-likeness (QED) is 0.0440. The van der Waals surface area contributed by atoms with Crippen LogP contribution in [0.2, 0.25) is 0 Å². The van der Waals surface area contributed by atoms with E-state index in [0.29, 0.717) is 28.0 Å². The number of nitrogens with zero attached hydrogens (tertiary/aromatic N) is 3. The molecule has 5 rings (SSSR count). The number of nitro benzene ring substituents is 1. The first-order valence-electron chi connectivity index (χ1n) is 16.6. The maximum Gasteiger partial charge on any atom is 0.347 e. The van der Waals surface area contributed by atoms with Crippen molar-refractivity contribution in [2.45, 2.75) is 38.6 Å². The minimum atomic E-state index is -4.59. The summed E-state index contributed by atoms with van der Waals surface area (Å²) in [4.78, 5) is 63.8. The Morgan fingerprint density at radius 2 is 1.51 bits per heavy atom. The molecule has 5 aromatic rings. The molecule has 14 nitrogen and oxygen atoms in total. The number of hydrogen-bond donors (Lipinski definition) is 2. The van der Waals surface area contributed by atoms with Crippen LogP contribution in [0.5, 0.6) is 5.75 Å². The summed E-state index contributed by atoms with van der Waals surface area (Å²) in [6.45, 7) is 2.19.